The zero-order chi connectivity index (χ0) is 17.1. The number of rotatable bonds is 1. The summed E-state index contributed by atoms with van der Waals surface area (Å²) >= 11 is 4.64. The van der Waals surface area contributed by atoms with Gasteiger partial charge in [-0.3, -0.25) is 0 Å². The Labute approximate surface area is 136 Å². The molecule has 0 aliphatic carbocycles. The van der Waals surface area contributed by atoms with Gasteiger partial charge in [-0.25, -0.2) is 4.42 Å². The van der Waals surface area contributed by atoms with Crippen molar-refractivity contribution in [1.29, 1.82) is 0 Å². The molecule has 0 unspecified atom stereocenters. The Morgan fingerprint density at radius 2 is 1.39 bits per heavy atom. The Morgan fingerprint density at radius 3 is 2.00 bits per heavy atom. The summed E-state index contributed by atoms with van der Waals surface area (Å²) in [5, 5.41) is 47.9. The van der Waals surface area contributed by atoms with Gasteiger partial charge >= 0.3 is 11.3 Å². The van der Waals surface area contributed by atoms with Gasteiger partial charge in [-0.15, -0.1) is 11.6 Å². The largest absolute Gasteiger partial charge is 0.507 e. The van der Waals surface area contributed by atoms with Crippen molar-refractivity contribution in [3.8, 4) is 40.1 Å². The third-order valence-corrected chi connectivity index (χ3v) is 3.08. The molecule has 120 valence electrons. The van der Waals surface area contributed by atoms with Gasteiger partial charge in [0.2, 0.25) is 0 Å². The van der Waals surface area contributed by atoms with Crippen LogP contribution >= 0.6 is 11.6 Å². The summed E-state index contributed by atoms with van der Waals surface area (Å²) in [7, 11) is 0. The van der Waals surface area contributed by atoms with Gasteiger partial charge in [-0.1, -0.05) is 0 Å². The molecule has 0 spiro atoms. The summed E-state index contributed by atoms with van der Waals surface area (Å²) in [6.45, 7) is 0. The summed E-state index contributed by atoms with van der Waals surface area (Å²) in [6.07, 6.45) is 1.47. The minimum absolute atomic E-state index is 0.128. The zero-order valence-corrected chi connectivity index (χ0v) is 12.7. The molecule has 0 amide bonds. The molecule has 0 aliphatic rings. The quantitative estimate of drug-likeness (QED) is 0.262. The van der Waals surface area contributed by atoms with Crippen LogP contribution in [0.15, 0.2) is 40.8 Å². The first-order valence-electron chi connectivity index (χ1n) is 6.37. The lowest BCUT2D eigenvalue weighted by molar-refractivity contribution is 0.368. The highest BCUT2D eigenvalue weighted by Crippen LogP contribution is 2.40. The fourth-order valence-corrected chi connectivity index (χ4v) is 2.06. The average Bonchev–Trinajstić information content (AvgIpc) is 2.53. The van der Waals surface area contributed by atoms with E-state index in [1.165, 1.54) is 36.7 Å². The molecule has 1 heterocycles. The van der Waals surface area contributed by atoms with Gasteiger partial charge in [0.25, 0.3) is 0 Å². The van der Waals surface area contributed by atoms with Gasteiger partial charge in [0.05, 0.1) is 11.6 Å². The van der Waals surface area contributed by atoms with Crippen molar-refractivity contribution < 1.29 is 29.9 Å². The fourth-order valence-electron chi connectivity index (χ4n) is 2.06. The zero-order valence-electron chi connectivity index (χ0n) is 12.0. The molecule has 3 rings (SSSR count). The maximum Gasteiger partial charge on any atom is 0.368 e. The molecule has 0 atom stereocenters. The van der Waals surface area contributed by atoms with Crippen molar-refractivity contribution in [2.75, 3.05) is 6.38 Å². The van der Waals surface area contributed by atoms with Crippen LogP contribution in [0, 0.1) is 0 Å². The second-order valence-electron chi connectivity index (χ2n) is 4.54. The van der Waals surface area contributed by atoms with Crippen molar-refractivity contribution in [3.63, 3.8) is 0 Å². The van der Waals surface area contributed by atoms with Crippen LogP contribution in [-0.4, -0.2) is 31.9 Å². The van der Waals surface area contributed by atoms with E-state index < -0.39 is 17.2 Å². The summed E-state index contributed by atoms with van der Waals surface area (Å²) in [5.41, 5.74) is 0.560. The molecule has 2 aromatic carbocycles. The second-order valence-corrected chi connectivity index (χ2v) is 4.54. The molecular weight excluding hydrogens is 324 g/mol. The maximum absolute atomic E-state index is 9.71. The van der Waals surface area contributed by atoms with E-state index in [1.807, 2.05) is 0 Å². The lowest BCUT2D eigenvalue weighted by atomic mass is 10.1. The monoisotopic (exact) mass is 337 g/mol. The van der Waals surface area contributed by atoms with Crippen LogP contribution in [0.1, 0.15) is 0 Å². The summed E-state index contributed by atoms with van der Waals surface area (Å²) in [4.78, 5) is 0. The number of alkyl halides is 1. The minimum Gasteiger partial charge on any atom is -0.507 e. The number of aromatic hydroxyl groups is 5. The van der Waals surface area contributed by atoms with Crippen molar-refractivity contribution >= 4 is 22.6 Å². The van der Waals surface area contributed by atoms with Gasteiger partial charge in [-0.2, -0.15) is 0 Å². The van der Waals surface area contributed by atoms with E-state index in [-0.39, 0.29) is 22.8 Å². The number of halogens is 1. The molecule has 7 heteroatoms. The summed E-state index contributed by atoms with van der Waals surface area (Å²) in [5.74, 6) is -1.60. The molecular formula is C16H14ClO6+. The van der Waals surface area contributed by atoms with Gasteiger partial charge in [-0.05, 0) is 6.07 Å². The molecule has 23 heavy (non-hydrogen) atoms. The molecule has 0 aliphatic heterocycles. The highest BCUT2D eigenvalue weighted by molar-refractivity contribution is 6.15. The third-order valence-electron chi connectivity index (χ3n) is 3.08. The fraction of sp³-hybridized carbons (Fsp3) is 0.0625. The molecule has 6 nitrogen and oxygen atoms in total. The number of fused-ring (bicyclic) bond motifs is 1. The molecule has 0 bridgehead atoms. The molecule has 0 fully saturated rings. The molecule has 0 saturated carbocycles. The van der Waals surface area contributed by atoms with Crippen molar-refractivity contribution in [2.45, 2.75) is 0 Å². The Hall–Kier alpha value is -2.86. The number of hydrogen-bond donors (Lipinski definition) is 5. The van der Waals surface area contributed by atoms with E-state index in [4.69, 9.17) is 4.42 Å². The normalized spacial score (nSPS) is 10.2. The van der Waals surface area contributed by atoms with E-state index in [0.29, 0.717) is 10.9 Å². The Bertz CT molecular complexity index is 840. The Kier molecular flexibility index (Phi) is 4.66. The standard InChI is InChI=1S/C15H10O6.CH3Cl/c16-8-5-10(17)9-1-2-13(21-14(9)6-8)7-3-11(18)15(20)12(19)4-7;1-2/h1-6H,(H4-,16,17,18,19,20);1H3/p+1. The number of phenolic OH excluding ortho intramolecular Hbond substituents is 5. The summed E-state index contributed by atoms with van der Waals surface area (Å²) in [6, 6.07) is 8.08. The van der Waals surface area contributed by atoms with E-state index in [1.54, 1.807) is 6.07 Å². The smallest absolute Gasteiger partial charge is 0.368 e. The molecule has 0 saturated heterocycles. The third kappa shape index (κ3) is 3.17. The van der Waals surface area contributed by atoms with E-state index in [9.17, 15) is 25.5 Å². The number of benzene rings is 2. The van der Waals surface area contributed by atoms with Gasteiger partial charge in [0.1, 0.15) is 16.9 Å². The van der Waals surface area contributed by atoms with Crippen molar-refractivity contribution in [2.24, 2.45) is 0 Å². The predicted molar refractivity (Wildman–Crippen MR) is 86.2 cm³/mol. The molecule has 0 radical (unpaired) electrons. The topological polar surface area (TPSA) is 112 Å². The van der Waals surface area contributed by atoms with Crippen LogP contribution < -0.4 is 0 Å². The van der Waals surface area contributed by atoms with Gasteiger partial charge in [0.15, 0.2) is 17.2 Å². The Morgan fingerprint density at radius 1 is 0.783 bits per heavy atom. The first-order chi connectivity index (χ1) is 11.0. The van der Waals surface area contributed by atoms with Crippen LogP contribution in [0.3, 0.4) is 0 Å². The summed E-state index contributed by atoms with van der Waals surface area (Å²) < 4.78 is 5.54. The average molecular weight is 338 g/mol. The minimum atomic E-state index is -0.616. The number of phenols is 5. The van der Waals surface area contributed by atoms with E-state index in [2.05, 4.69) is 11.6 Å². The van der Waals surface area contributed by atoms with Crippen LogP contribution in [-0.2, 0) is 0 Å². The maximum atomic E-state index is 9.71. The Balaban J connectivity index is 0.000000924. The van der Waals surface area contributed by atoms with Crippen molar-refractivity contribution in [3.05, 3.63) is 36.4 Å². The van der Waals surface area contributed by atoms with Crippen LogP contribution in [0.5, 0.6) is 28.7 Å². The SMILES string of the molecule is CCl.Oc1cc(O)c2ccc(-c3cc(O)c(O)c(O)c3)[o+]c2c1. The highest BCUT2D eigenvalue weighted by Gasteiger charge is 2.20. The highest BCUT2D eigenvalue weighted by atomic mass is 35.5. The van der Waals surface area contributed by atoms with Crippen molar-refractivity contribution in [1.82, 2.24) is 0 Å². The van der Waals surface area contributed by atoms with E-state index >= 15 is 0 Å². The van der Waals surface area contributed by atoms with Crippen LogP contribution in [0.25, 0.3) is 22.3 Å². The van der Waals surface area contributed by atoms with Crippen LogP contribution in [0.4, 0.5) is 0 Å². The van der Waals surface area contributed by atoms with Crippen LogP contribution in [0.2, 0.25) is 0 Å². The van der Waals surface area contributed by atoms with Gasteiger partial charge < -0.3 is 25.5 Å². The van der Waals surface area contributed by atoms with E-state index in [0.717, 1.165) is 0 Å². The molecule has 3 aromatic rings. The predicted octanol–water partition coefficient (Wildman–Crippen LogP) is 3.76. The molecule has 1 aromatic heterocycles. The lowest BCUT2D eigenvalue weighted by Crippen LogP contribution is -1.81. The number of hydrogen-bond acceptors (Lipinski definition) is 5. The first-order valence-corrected chi connectivity index (χ1v) is 7.13. The first kappa shape index (κ1) is 16.5. The molecule has 5 N–H and O–H groups in total. The van der Waals surface area contributed by atoms with Gasteiger partial charge in [0, 0.05) is 30.6 Å². The lowest BCUT2D eigenvalue weighted by Gasteiger charge is -2.01. The second kappa shape index (κ2) is 6.50.